The second-order valence-corrected chi connectivity index (χ2v) is 8.21. The summed E-state index contributed by atoms with van der Waals surface area (Å²) < 4.78 is 15.2. The lowest BCUT2D eigenvalue weighted by Gasteiger charge is -2.28. The summed E-state index contributed by atoms with van der Waals surface area (Å²) in [6.45, 7) is 10.9. The zero-order valence-corrected chi connectivity index (χ0v) is 18.9. The number of carbonyl (C=O) groups is 1. The first-order chi connectivity index (χ1) is 14.9. The minimum Gasteiger partial charge on any atom is -0.335 e. The summed E-state index contributed by atoms with van der Waals surface area (Å²) in [5, 5.41) is 9.37. The SMILES string of the molecule is C=CCn1c(SCC(=O)N(CC)C(C)c2ccc(F)cc2)nnc1-c1cccc(C)c1. The number of aromatic nitrogens is 3. The van der Waals surface area contributed by atoms with Gasteiger partial charge in [0.1, 0.15) is 5.82 Å². The number of aryl methyl sites for hydroxylation is 1. The number of amides is 1. The molecule has 7 heteroatoms. The number of rotatable bonds is 9. The second-order valence-electron chi connectivity index (χ2n) is 7.27. The van der Waals surface area contributed by atoms with E-state index in [1.807, 2.05) is 43.5 Å². The molecule has 0 aliphatic carbocycles. The highest BCUT2D eigenvalue weighted by atomic mass is 32.2. The van der Waals surface area contributed by atoms with Crippen LogP contribution in [0.5, 0.6) is 0 Å². The van der Waals surface area contributed by atoms with Crippen molar-refractivity contribution in [2.75, 3.05) is 12.3 Å². The Kier molecular flexibility index (Phi) is 7.63. The number of thioether (sulfide) groups is 1. The van der Waals surface area contributed by atoms with Crippen molar-refractivity contribution in [1.82, 2.24) is 19.7 Å². The summed E-state index contributed by atoms with van der Waals surface area (Å²) in [7, 11) is 0. The molecule has 3 rings (SSSR count). The third kappa shape index (κ3) is 5.41. The highest BCUT2D eigenvalue weighted by Gasteiger charge is 2.22. The third-order valence-corrected chi connectivity index (χ3v) is 6.06. The van der Waals surface area contributed by atoms with Crippen LogP contribution in [0.4, 0.5) is 4.39 Å². The summed E-state index contributed by atoms with van der Waals surface area (Å²) in [5.74, 6) is 0.703. The van der Waals surface area contributed by atoms with Crippen molar-refractivity contribution in [2.45, 2.75) is 38.5 Å². The maximum absolute atomic E-state index is 13.2. The molecule has 0 saturated heterocycles. The molecule has 162 valence electrons. The molecule has 0 aliphatic heterocycles. The maximum Gasteiger partial charge on any atom is 0.233 e. The van der Waals surface area contributed by atoms with Gasteiger partial charge in [-0.1, -0.05) is 53.7 Å². The molecular weight excluding hydrogens is 411 g/mol. The molecule has 1 aromatic heterocycles. The van der Waals surface area contributed by atoms with E-state index in [2.05, 4.69) is 22.8 Å². The summed E-state index contributed by atoms with van der Waals surface area (Å²) in [6.07, 6.45) is 1.80. The van der Waals surface area contributed by atoms with Crippen LogP contribution >= 0.6 is 11.8 Å². The van der Waals surface area contributed by atoms with Crippen LogP contribution in [0, 0.1) is 12.7 Å². The fourth-order valence-corrected chi connectivity index (χ4v) is 4.32. The average Bonchev–Trinajstić information content (AvgIpc) is 3.16. The quantitative estimate of drug-likeness (QED) is 0.337. The molecule has 31 heavy (non-hydrogen) atoms. The Morgan fingerprint density at radius 3 is 2.65 bits per heavy atom. The lowest BCUT2D eigenvalue weighted by atomic mass is 10.1. The van der Waals surface area contributed by atoms with Crippen molar-refractivity contribution in [2.24, 2.45) is 0 Å². The Labute approximate surface area is 187 Å². The Morgan fingerprint density at radius 1 is 1.26 bits per heavy atom. The van der Waals surface area contributed by atoms with Crippen molar-refractivity contribution in [1.29, 1.82) is 0 Å². The van der Waals surface area contributed by atoms with Gasteiger partial charge in [-0.25, -0.2) is 4.39 Å². The Morgan fingerprint density at radius 2 is 2.00 bits per heavy atom. The number of halogens is 1. The van der Waals surface area contributed by atoms with Crippen LogP contribution < -0.4 is 0 Å². The number of carbonyl (C=O) groups excluding carboxylic acids is 1. The van der Waals surface area contributed by atoms with E-state index in [9.17, 15) is 9.18 Å². The van der Waals surface area contributed by atoms with Gasteiger partial charge in [0, 0.05) is 18.7 Å². The topological polar surface area (TPSA) is 51.0 Å². The molecule has 1 unspecified atom stereocenters. The lowest BCUT2D eigenvalue weighted by Crippen LogP contribution is -2.34. The van der Waals surface area contributed by atoms with Crippen LogP contribution in [0.3, 0.4) is 0 Å². The predicted octanol–water partition coefficient (Wildman–Crippen LogP) is 5.28. The number of hydrogen-bond donors (Lipinski definition) is 0. The van der Waals surface area contributed by atoms with Crippen molar-refractivity contribution in [3.8, 4) is 11.4 Å². The van der Waals surface area contributed by atoms with Crippen LogP contribution in [0.15, 0.2) is 66.3 Å². The Hall–Kier alpha value is -2.93. The van der Waals surface area contributed by atoms with Crippen LogP contribution in [0.1, 0.15) is 31.0 Å². The van der Waals surface area contributed by atoms with Crippen LogP contribution in [0.2, 0.25) is 0 Å². The number of nitrogens with zero attached hydrogens (tertiary/aromatic N) is 4. The maximum atomic E-state index is 13.2. The van der Waals surface area contributed by atoms with Crippen molar-refractivity contribution < 1.29 is 9.18 Å². The van der Waals surface area contributed by atoms with Crippen molar-refractivity contribution >= 4 is 17.7 Å². The van der Waals surface area contributed by atoms with E-state index in [0.29, 0.717) is 18.2 Å². The normalized spacial score (nSPS) is 11.9. The summed E-state index contributed by atoms with van der Waals surface area (Å²) in [6, 6.07) is 14.2. The highest BCUT2D eigenvalue weighted by molar-refractivity contribution is 7.99. The lowest BCUT2D eigenvalue weighted by molar-refractivity contribution is -0.130. The van der Waals surface area contributed by atoms with Crippen LogP contribution in [-0.2, 0) is 11.3 Å². The Balaban J connectivity index is 1.75. The van der Waals surface area contributed by atoms with Gasteiger partial charge in [0.05, 0.1) is 11.8 Å². The zero-order valence-electron chi connectivity index (χ0n) is 18.1. The fourth-order valence-electron chi connectivity index (χ4n) is 3.48. The number of benzene rings is 2. The monoisotopic (exact) mass is 438 g/mol. The summed E-state index contributed by atoms with van der Waals surface area (Å²) in [4.78, 5) is 14.8. The molecule has 0 aliphatic rings. The molecule has 0 N–H and O–H groups in total. The smallest absolute Gasteiger partial charge is 0.233 e. The molecule has 0 bridgehead atoms. The van der Waals surface area contributed by atoms with E-state index >= 15 is 0 Å². The van der Waals surface area contributed by atoms with Gasteiger partial charge >= 0.3 is 0 Å². The Bertz CT molecular complexity index is 1050. The van der Waals surface area contributed by atoms with Crippen molar-refractivity contribution in [3.05, 3.63) is 78.1 Å². The van der Waals surface area contributed by atoms with Gasteiger partial charge in [0.2, 0.25) is 5.91 Å². The predicted molar refractivity (Wildman–Crippen MR) is 123 cm³/mol. The van der Waals surface area contributed by atoms with Gasteiger partial charge < -0.3 is 4.90 Å². The molecule has 1 heterocycles. The molecule has 0 fully saturated rings. The van der Waals surface area contributed by atoms with Gasteiger partial charge in [-0.2, -0.15) is 0 Å². The van der Waals surface area contributed by atoms with E-state index in [1.54, 1.807) is 23.1 Å². The first-order valence-electron chi connectivity index (χ1n) is 10.2. The minimum absolute atomic E-state index is 0.00502. The summed E-state index contributed by atoms with van der Waals surface area (Å²) in [5.41, 5.74) is 3.02. The molecule has 1 amide bonds. The third-order valence-electron chi connectivity index (χ3n) is 5.11. The van der Waals surface area contributed by atoms with E-state index < -0.39 is 0 Å². The van der Waals surface area contributed by atoms with E-state index in [0.717, 1.165) is 22.5 Å². The molecule has 0 spiro atoms. The van der Waals surface area contributed by atoms with Crippen LogP contribution in [0.25, 0.3) is 11.4 Å². The van der Waals surface area contributed by atoms with Gasteiger partial charge in [-0.3, -0.25) is 9.36 Å². The standard InChI is InChI=1S/C24H27FN4OS/c1-5-14-29-23(20-9-7-8-17(3)15-20)26-27-24(29)31-16-22(30)28(6-2)18(4)19-10-12-21(25)13-11-19/h5,7-13,15,18H,1,6,14,16H2,2-4H3. The van der Waals surface area contributed by atoms with Crippen LogP contribution in [-0.4, -0.2) is 37.9 Å². The average molecular weight is 439 g/mol. The molecule has 2 aromatic carbocycles. The first-order valence-corrected chi connectivity index (χ1v) is 11.2. The number of hydrogen-bond acceptors (Lipinski definition) is 4. The highest BCUT2D eigenvalue weighted by Crippen LogP contribution is 2.26. The zero-order chi connectivity index (χ0) is 22.4. The molecular formula is C24H27FN4OS. The van der Waals surface area contributed by atoms with Gasteiger partial charge in [-0.05, 0) is 44.5 Å². The minimum atomic E-state index is -0.285. The van der Waals surface area contributed by atoms with E-state index in [1.165, 1.54) is 23.9 Å². The molecule has 0 radical (unpaired) electrons. The number of allylic oxidation sites excluding steroid dienone is 1. The largest absolute Gasteiger partial charge is 0.335 e. The fraction of sp³-hybridized carbons (Fsp3) is 0.292. The second kappa shape index (κ2) is 10.4. The van der Waals surface area contributed by atoms with Gasteiger partial charge in [0.15, 0.2) is 11.0 Å². The van der Waals surface area contributed by atoms with Crippen molar-refractivity contribution in [3.63, 3.8) is 0 Å². The van der Waals surface area contributed by atoms with Gasteiger partial charge in [0.25, 0.3) is 0 Å². The van der Waals surface area contributed by atoms with E-state index in [-0.39, 0.29) is 23.5 Å². The van der Waals surface area contributed by atoms with Gasteiger partial charge in [-0.15, -0.1) is 16.8 Å². The summed E-state index contributed by atoms with van der Waals surface area (Å²) >= 11 is 1.36. The molecule has 3 aromatic rings. The van der Waals surface area contributed by atoms with E-state index in [4.69, 9.17) is 0 Å². The first kappa shape index (κ1) is 22.7. The molecule has 5 nitrogen and oxygen atoms in total. The molecule has 0 saturated carbocycles. The molecule has 1 atom stereocenters.